The standard InChI is InChI=1S/C18H19ClN6O3/c1-23-14-7-11(19)8-20-15(14)25(17(27)16(23)26)12-3-5-24(6-4-12)18-21-9-13(28-2)10-22-18/h7-10,12H,3-6H2,1-2H3. The van der Waals surface area contributed by atoms with Gasteiger partial charge in [0.05, 0.1) is 30.0 Å². The van der Waals surface area contributed by atoms with E-state index in [2.05, 4.69) is 19.9 Å². The Balaban J connectivity index is 1.65. The summed E-state index contributed by atoms with van der Waals surface area (Å²) in [6, 6.07) is 1.52. The lowest BCUT2D eigenvalue weighted by Crippen LogP contribution is -2.45. The summed E-state index contributed by atoms with van der Waals surface area (Å²) in [4.78, 5) is 40.1. The minimum atomic E-state index is -0.586. The smallest absolute Gasteiger partial charge is 0.318 e. The maximum absolute atomic E-state index is 12.7. The van der Waals surface area contributed by atoms with E-state index in [1.807, 2.05) is 0 Å². The minimum Gasteiger partial charge on any atom is -0.494 e. The van der Waals surface area contributed by atoms with Crippen LogP contribution in [-0.2, 0) is 7.05 Å². The van der Waals surface area contributed by atoms with Gasteiger partial charge >= 0.3 is 11.1 Å². The van der Waals surface area contributed by atoms with Gasteiger partial charge in [-0.05, 0) is 18.9 Å². The number of fused-ring (bicyclic) bond motifs is 1. The van der Waals surface area contributed by atoms with Crippen molar-refractivity contribution in [2.24, 2.45) is 7.05 Å². The summed E-state index contributed by atoms with van der Waals surface area (Å²) < 4.78 is 7.90. The summed E-state index contributed by atoms with van der Waals surface area (Å²) in [6.07, 6.45) is 6.08. The van der Waals surface area contributed by atoms with E-state index in [9.17, 15) is 9.59 Å². The van der Waals surface area contributed by atoms with Crippen LogP contribution < -0.4 is 20.8 Å². The first kappa shape index (κ1) is 18.4. The summed E-state index contributed by atoms with van der Waals surface area (Å²) >= 11 is 6.03. The second-order valence-corrected chi connectivity index (χ2v) is 7.11. The lowest BCUT2D eigenvalue weighted by Gasteiger charge is -2.33. The summed E-state index contributed by atoms with van der Waals surface area (Å²) in [6.45, 7) is 1.32. The molecule has 0 radical (unpaired) electrons. The zero-order valence-electron chi connectivity index (χ0n) is 15.5. The number of aromatic nitrogens is 5. The number of halogens is 1. The average molecular weight is 403 g/mol. The Hall–Kier alpha value is -2.94. The number of rotatable bonds is 3. The van der Waals surface area contributed by atoms with E-state index in [-0.39, 0.29) is 6.04 Å². The van der Waals surface area contributed by atoms with Crippen LogP contribution >= 0.6 is 11.6 Å². The van der Waals surface area contributed by atoms with Crippen molar-refractivity contribution in [2.75, 3.05) is 25.1 Å². The van der Waals surface area contributed by atoms with Crippen molar-refractivity contribution in [2.45, 2.75) is 18.9 Å². The number of ether oxygens (including phenoxy) is 1. The number of pyridine rings is 1. The normalized spacial score (nSPS) is 15.2. The van der Waals surface area contributed by atoms with Gasteiger partial charge in [-0.1, -0.05) is 11.6 Å². The molecule has 0 aliphatic carbocycles. The highest BCUT2D eigenvalue weighted by Gasteiger charge is 2.26. The van der Waals surface area contributed by atoms with E-state index in [0.717, 1.165) is 0 Å². The molecule has 4 heterocycles. The zero-order chi connectivity index (χ0) is 19.8. The number of anilines is 1. The molecule has 0 amide bonds. The summed E-state index contributed by atoms with van der Waals surface area (Å²) in [5.74, 6) is 1.21. The number of hydrogen-bond acceptors (Lipinski definition) is 7. The molecule has 0 atom stereocenters. The molecule has 1 aliphatic heterocycles. The van der Waals surface area contributed by atoms with Crippen molar-refractivity contribution in [3.63, 3.8) is 0 Å². The van der Waals surface area contributed by atoms with Crippen LogP contribution in [-0.4, -0.2) is 44.3 Å². The van der Waals surface area contributed by atoms with E-state index in [0.29, 0.717) is 53.8 Å². The molecule has 0 aromatic carbocycles. The zero-order valence-corrected chi connectivity index (χ0v) is 16.3. The monoisotopic (exact) mass is 402 g/mol. The van der Waals surface area contributed by atoms with Crippen molar-refractivity contribution in [1.29, 1.82) is 0 Å². The third-order valence-electron chi connectivity index (χ3n) is 5.07. The molecule has 0 spiro atoms. The van der Waals surface area contributed by atoms with Crippen LogP contribution in [0.1, 0.15) is 18.9 Å². The lowest BCUT2D eigenvalue weighted by atomic mass is 10.0. The molecule has 10 heteroatoms. The van der Waals surface area contributed by atoms with Crippen LogP contribution in [0.4, 0.5) is 5.95 Å². The highest BCUT2D eigenvalue weighted by molar-refractivity contribution is 6.31. The molecule has 9 nitrogen and oxygen atoms in total. The quantitative estimate of drug-likeness (QED) is 0.611. The number of nitrogens with zero attached hydrogens (tertiary/aromatic N) is 6. The van der Waals surface area contributed by atoms with Crippen LogP contribution in [0.3, 0.4) is 0 Å². The second-order valence-electron chi connectivity index (χ2n) is 6.68. The van der Waals surface area contributed by atoms with Crippen LogP contribution in [0, 0.1) is 0 Å². The molecule has 0 N–H and O–H groups in total. The van der Waals surface area contributed by atoms with Crippen LogP contribution in [0.25, 0.3) is 11.2 Å². The first-order valence-electron chi connectivity index (χ1n) is 8.87. The number of piperidine rings is 1. The molecule has 146 valence electrons. The van der Waals surface area contributed by atoms with E-state index in [1.54, 1.807) is 32.6 Å². The van der Waals surface area contributed by atoms with Crippen molar-refractivity contribution < 1.29 is 4.74 Å². The minimum absolute atomic E-state index is 0.132. The Labute approximate surface area is 165 Å². The molecule has 4 rings (SSSR count). The maximum atomic E-state index is 12.7. The average Bonchev–Trinajstić information content (AvgIpc) is 2.73. The van der Waals surface area contributed by atoms with Crippen molar-refractivity contribution in [1.82, 2.24) is 24.1 Å². The predicted molar refractivity (Wildman–Crippen MR) is 105 cm³/mol. The van der Waals surface area contributed by atoms with Gasteiger partial charge in [-0.15, -0.1) is 0 Å². The summed E-state index contributed by atoms with van der Waals surface area (Å²) in [7, 11) is 3.12. The van der Waals surface area contributed by atoms with E-state index in [4.69, 9.17) is 16.3 Å². The van der Waals surface area contributed by atoms with Crippen molar-refractivity contribution in [3.8, 4) is 5.75 Å². The van der Waals surface area contributed by atoms with Gasteiger partial charge in [0, 0.05) is 32.4 Å². The Morgan fingerprint density at radius 2 is 1.75 bits per heavy atom. The fraction of sp³-hybridized carbons (Fsp3) is 0.389. The molecule has 0 unspecified atom stereocenters. The van der Waals surface area contributed by atoms with Gasteiger partial charge in [-0.3, -0.25) is 14.2 Å². The SMILES string of the molecule is COc1cnc(N2CCC(n3c(=O)c(=O)n(C)c4cc(Cl)cnc43)CC2)nc1. The molecule has 1 aliphatic rings. The fourth-order valence-corrected chi connectivity index (χ4v) is 3.70. The molecule has 28 heavy (non-hydrogen) atoms. The van der Waals surface area contributed by atoms with E-state index in [1.165, 1.54) is 15.3 Å². The Kier molecular flexibility index (Phi) is 4.76. The third kappa shape index (κ3) is 3.11. The highest BCUT2D eigenvalue weighted by Crippen LogP contribution is 2.26. The number of aryl methyl sites for hydroxylation is 1. The van der Waals surface area contributed by atoms with Gasteiger partial charge < -0.3 is 14.2 Å². The van der Waals surface area contributed by atoms with Gasteiger partial charge in [-0.25, -0.2) is 15.0 Å². The molecule has 0 bridgehead atoms. The summed E-state index contributed by atoms with van der Waals surface area (Å²) in [5, 5.41) is 0.416. The Bertz CT molecular complexity index is 1130. The van der Waals surface area contributed by atoms with Gasteiger partial charge in [0.15, 0.2) is 11.4 Å². The second kappa shape index (κ2) is 7.23. The first-order chi connectivity index (χ1) is 13.5. The highest BCUT2D eigenvalue weighted by atomic mass is 35.5. The molecular formula is C18H19ClN6O3. The van der Waals surface area contributed by atoms with Crippen molar-refractivity contribution in [3.05, 3.63) is 50.4 Å². The molecule has 3 aromatic heterocycles. The molecule has 0 saturated carbocycles. The van der Waals surface area contributed by atoms with Crippen LogP contribution in [0.2, 0.25) is 5.02 Å². The van der Waals surface area contributed by atoms with Gasteiger partial charge in [0.1, 0.15) is 0 Å². The van der Waals surface area contributed by atoms with Gasteiger partial charge in [-0.2, -0.15) is 0 Å². The first-order valence-corrected chi connectivity index (χ1v) is 9.25. The number of methoxy groups -OCH3 is 1. The fourth-order valence-electron chi connectivity index (χ4n) is 3.55. The molecule has 1 fully saturated rings. The molecular weight excluding hydrogens is 384 g/mol. The van der Waals surface area contributed by atoms with E-state index < -0.39 is 11.1 Å². The topological polar surface area (TPSA) is 95.1 Å². The number of hydrogen-bond donors (Lipinski definition) is 0. The maximum Gasteiger partial charge on any atom is 0.318 e. The Morgan fingerprint density at radius 1 is 1.07 bits per heavy atom. The van der Waals surface area contributed by atoms with Gasteiger partial charge in [0.25, 0.3) is 0 Å². The lowest BCUT2D eigenvalue weighted by molar-refractivity contribution is 0.388. The van der Waals surface area contributed by atoms with Crippen LogP contribution in [0.15, 0.2) is 34.2 Å². The van der Waals surface area contributed by atoms with E-state index >= 15 is 0 Å². The molecule has 1 saturated heterocycles. The predicted octanol–water partition coefficient (Wildman–Crippen LogP) is 1.39. The van der Waals surface area contributed by atoms with Gasteiger partial charge in [0.2, 0.25) is 5.95 Å². The largest absolute Gasteiger partial charge is 0.494 e. The Morgan fingerprint density at radius 3 is 2.39 bits per heavy atom. The summed E-state index contributed by atoms with van der Waals surface area (Å²) in [5.41, 5.74) is -0.143. The van der Waals surface area contributed by atoms with Crippen molar-refractivity contribution >= 4 is 28.7 Å². The molecule has 3 aromatic rings. The third-order valence-corrected chi connectivity index (χ3v) is 5.28. The van der Waals surface area contributed by atoms with Crippen LogP contribution in [0.5, 0.6) is 5.75 Å².